The highest BCUT2D eigenvalue weighted by atomic mass is 16.2. The molecule has 2 rings (SSSR count). The van der Waals surface area contributed by atoms with E-state index >= 15 is 0 Å². The monoisotopic (exact) mass is 529 g/mol. The fourth-order valence-electron chi connectivity index (χ4n) is 5.10. The summed E-state index contributed by atoms with van der Waals surface area (Å²) >= 11 is 0. The molecular formula is C31H55N5O2. The van der Waals surface area contributed by atoms with Gasteiger partial charge < -0.3 is 9.88 Å². The minimum absolute atomic E-state index is 0.227. The van der Waals surface area contributed by atoms with Crippen LogP contribution in [0.3, 0.4) is 0 Å². The number of rotatable bonds is 23. The Kier molecular flexibility index (Phi) is 16.8. The number of nitrogens with one attached hydrogen (secondary N) is 1. The van der Waals surface area contributed by atoms with Crippen LogP contribution in [0.1, 0.15) is 122 Å². The molecule has 0 saturated heterocycles. The number of allylic oxidation sites excluding steroid dienone is 2. The Morgan fingerprint density at radius 2 is 1.26 bits per heavy atom. The highest BCUT2D eigenvalue weighted by Gasteiger charge is 2.14. The summed E-state index contributed by atoms with van der Waals surface area (Å²) in [6.45, 7) is 5.05. The Morgan fingerprint density at radius 3 is 1.87 bits per heavy atom. The minimum Gasteiger partial charge on any atom is -0.328 e. The number of aromatic nitrogens is 4. The van der Waals surface area contributed by atoms with Gasteiger partial charge in [0.25, 0.3) is 5.56 Å². The summed E-state index contributed by atoms with van der Waals surface area (Å²) in [5.41, 5.74) is 0.453. The Morgan fingerprint density at radius 1 is 0.737 bits per heavy atom. The first-order chi connectivity index (χ1) is 18.6. The summed E-state index contributed by atoms with van der Waals surface area (Å²) in [5.74, 6) is 0. The number of aryl methyl sites for hydroxylation is 2. The van der Waals surface area contributed by atoms with Crippen molar-refractivity contribution in [2.45, 2.75) is 129 Å². The van der Waals surface area contributed by atoms with Gasteiger partial charge in [0.15, 0.2) is 11.2 Å². The molecule has 0 aliphatic heterocycles. The topological polar surface area (TPSA) is 73.8 Å². The Labute approximate surface area is 230 Å². The van der Waals surface area contributed by atoms with Crippen molar-refractivity contribution in [2.24, 2.45) is 14.1 Å². The molecule has 0 amide bonds. The molecule has 0 aromatic carbocycles. The molecule has 0 atom stereocenters. The number of nitrogens with zero attached hydrogens (tertiary/aromatic N) is 4. The molecule has 0 unspecified atom stereocenters. The van der Waals surface area contributed by atoms with Gasteiger partial charge in [-0.1, -0.05) is 96.1 Å². The van der Waals surface area contributed by atoms with E-state index in [9.17, 15) is 9.59 Å². The molecule has 2 heterocycles. The molecule has 0 fully saturated rings. The lowest BCUT2D eigenvalue weighted by molar-refractivity contribution is 0.510. The predicted molar refractivity (Wildman–Crippen MR) is 161 cm³/mol. The molecule has 0 aliphatic rings. The van der Waals surface area contributed by atoms with Crippen molar-refractivity contribution in [1.82, 2.24) is 24.0 Å². The first kappa shape index (κ1) is 32.1. The first-order valence-corrected chi connectivity index (χ1v) is 15.5. The summed E-state index contributed by atoms with van der Waals surface area (Å²) in [7, 11) is 3.47. The maximum atomic E-state index is 12.7. The van der Waals surface area contributed by atoms with Crippen LogP contribution in [0.2, 0.25) is 0 Å². The van der Waals surface area contributed by atoms with Crippen molar-refractivity contribution in [2.75, 3.05) is 13.1 Å². The van der Waals surface area contributed by atoms with Crippen LogP contribution in [0.15, 0.2) is 28.1 Å². The Bertz CT molecular complexity index is 1030. The average Bonchev–Trinajstić information content (AvgIpc) is 3.31. The summed E-state index contributed by atoms with van der Waals surface area (Å²) < 4.78 is 4.54. The van der Waals surface area contributed by atoms with E-state index in [2.05, 4.69) is 29.4 Å². The number of hydrogen-bond acceptors (Lipinski definition) is 4. The van der Waals surface area contributed by atoms with Gasteiger partial charge in [-0.25, -0.2) is 9.78 Å². The number of imidazole rings is 1. The molecule has 0 aliphatic carbocycles. The highest BCUT2D eigenvalue weighted by molar-refractivity contribution is 5.69. The average molecular weight is 530 g/mol. The third kappa shape index (κ3) is 11.7. The van der Waals surface area contributed by atoms with Gasteiger partial charge in [-0.2, -0.15) is 0 Å². The maximum Gasteiger partial charge on any atom is 0.332 e. The number of unbranched alkanes of at least 4 members (excludes halogenated alkanes) is 15. The second-order valence-corrected chi connectivity index (χ2v) is 10.9. The molecule has 38 heavy (non-hydrogen) atoms. The van der Waals surface area contributed by atoms with Crippen LogP contribution in [0, 0.1) is 0 Å². The summed E-state index contributed by atoms with van der Waals surface area (Å²) in [4.78, 5) is 29.4. The van der Waals surface area contributed by atoms with E-state index in [4.69, 9.17) is 0 Å². The lowest BCUT2D eigenvalue weighted by Gasteiger charge is -2.08. The molecule has 0 radical (unpaired) electrons. The van der Waals surface area contributed by atoms with Crippen molar-refractivity contribution < 1.29 is 0 Å². The third-order valence-electron chi connectivity index (χ3n) is 7.53. The lowest BCUT2D eigenvalue weighted by atomic mass is 10.1. The molecule has 7 heteroatoms. The third-order valence-corrected chi connectivity index (χ3v) is 7.53. The van der Waals surface area contributed by atoms with E-state index in [1.807, 2.05) is 0 Å². The molecule has 7 nitrogen and oxygen atoms in total. The van der Waals surface area contributed by atoms with Crippen LogP contribution in [0.5, 0.6) is 0 Å². The summed E-state index contributed by atoms with van der Waals surface area (Å²) in [5, 5.41) is 3.62. The molecular weight excluding hydrogens is 474 g/mol. The minimum atomic E-state index is -0.271. The van der Waals surface area contributed by atoms with E-state index in [1.165, 1.54) is 118 Å². The van der Waals surface area contributed by atoms with E-state index < -0.39 is 0 Å². The van der Waals surface area contributed by atoms with Gasteiger partial charge in [-0.15, -0.1) is 0 Å². The Balaban J connectivity index is 1.36. The van der Waals surface area contributed by atoms with Crippen molar-refractivity contribution in [1.29, 1.82) is 0 Å². The fraction of sp³-hybridized carbons (Fsp3) is 0.774. The second kappa shape index (κ2) is 19.9. The zero-order valence-corrected chi connectivity index (χ0v) is 24.7. The van der Waals surface area contributed by atoms with Crippen LogP contribution in [-0.2, 0) is 20.6 Å². The van der Waals surface area contributed by atoms with Crippen molar-refractivity contribution in [3.05, 3.63) is 39.3 Å². The van der Waals surface area contributed by atoms with Gasteiger partial charge >= 0.3 is 5.69 Å². The van der Waals surface area contributed by atoms with Gasteiger partial charge in [0, 0.05) is 20.6 Å². The van der Waals surface area contributed by atoms with Gasteiger partial charge in [-0.05, 0) is 51.6 Å². The van der Waals surface area contributed by atoms with E-state index in [-0.39, 0.29) is 11.2 Å². The molecule has 1 N–H and O–H groups in total. The zero-order chi connectivity index (χ0) is 27.4. The van der Waals surface area contributed by atoms with Crippen LogP contribution < -0.4 is 16.6 Å². The smallest absolute Gasteiger partial charge is 0.328 e. The quantitative estimate of drug-likeness (QED) is 0.130. The SMILES string of the molecule is CCC/C=C/CCCCCCCCNCCCCCCCCCCCn1c(=O)c2c(ncn2C)n(C)c1=O. The van der Waals surface area contributed by atoms with Gasteiger partial charge in [0.2, 0.25) is 0 Å². The molecule has 2 aromatic heterocycles. The Hall–Kier alpha value is -2.15. The summed E-state index contributed by atoms with van der Waals surface area (Å²) in [6, 6.07) is 0. The van der Waals surface area contributed by atoms with Crippen molar-refractivity contribution in [3.8, 4) is 0 Å². The van der Waals surface area contributed by atoms with Crippen molar-refractivity contribution in [3.63, 3.8) is 0 Å². The van der Waals surface area contributed by atoms with E-state index in [0.29, 0.717) is 17.7 Å². The zero-order valence-electron chi connectivity index (χ0n) is 24.7. The molecule has 2 aromatic rings. The predicted octanol–water partition coefficient (Wildman–Crippen LogP) is 6.62. The lowest BCUT2D eigenvalue weighted by Crippen LogP contribution is -2.39. The number of hydrogen-bond donors (Lipinski definition) is 1. The second-order valence-electron chi connectivity index (χ2n) is 10.9. The standard InChI is InChI=1S/C31H55N5O2/c1-4-5-6-7-8-9-10-12-15-18-21-24-32-25-22-19-16-13-11-14-17-20-23-26-36-30(37)28-29(33-27-34(28)2)35(3)31(36)38/h6-7,27,32H,4-5,8-26H2,1-3H3/b7-6+. The largest absolute Gasteiger partial charge is 0.332 e. The van der Waals surface area contributed by atoms with Crippen LogP contribution in [0.25, 0.3) is 11.2 Å². The van der Waals surface area contributed by atoms with Crippen molar-refractivity contribution >= 4 is 11.2 Å². The summed E-state index contributed by atoms with van der Waals surface area (Å²) in [6.07, 6.45) is 29.1. The van der Waals surface area contributed by atoms with Crippen LogP contribution >= 0.6 is 0 Å². The number of fused-ring (bicyclic) bond motifs is 1. The van der Waals surface area contributed by atoms with Crippen LogP contribution in [0.4, 0.5) is 0 Å². The first-order valence-electron chi connectivity index (χ1n) is 15.5. The normalized spacial score (nSPS) is 11.9. The fourth-order valence-corrected chi connectivity index (χ4v) is 5.10. The molecule has 0 spiro atoms. The van der Waals surface area contributed by atoms with Gasteiger partial charge in [0.05, 0.1) is 6.33 Å². The highest BCUT2D eigenvalue weighted by Crippen LogP contribution is 2.11. The van der Waals surface area contributed by atoms with E-state index in [0.717, 1.165) is 19.4 Å². The maximum absolute atomic E-state index is 12.7. The van der Waals surface area contributed by atoms with Gasteiger partial charge in [0.1, 0.15) is 0 Å². The van der Waals surface area contributed by atoms with Crippen LogP contribution in [-0.4, -0.2) is 31.8 Å². The molecule has 0 bridgehead atoms. The van der Waals surface area contributed by atoms with E-state index in [1.54, 1.807) is 25.0 Å². The van der Waals surface area contributed by atoms with Gasteiger partial charge in [-0.3, -0.25) is 13.9 Å². The molecule has 0 saturated carbocycles. The molecule has 216 valence electrons.